The van der Waals surface area contributed by atoms with E-state index in [1.54, 1.807) is 10.9 Å². The smallest absolute Gasteiger partial charge is 0.273 e. The third-order valence-electron chi connectivity index (χ3n) is 3.96. The largest absolute Gasteiger partial charge is 0.350 e. The topological polar surface area (TPSA) is 85.8 Å². The Labute approximate surface area is 133 Å². The highest BCUT2D eigenvalue weighted by Crippen LogP contribution is 2.30. The van der Waals surface area contributed by atoms with E-state index in [0.29, 0.717) is 25.3 Å². The number of fused-ring (bicyclic) bond motifs is 1. The van der Waals surface area contributed by atoms with Gasteiger partial charge in [0.2, 0.25) is 0 Å². The number of hydrogen-bond acceptors (Lipinski definition) is 5. The molecule has 0 bridgehead atoms. The van der Waals surface area contributed by atoms with Gasteiger partial charge in [-0.25, -0.2) is 0 Å². The molecule has 0 aromatic carbocycles. The second-order valence-electron chi connectivity index (χ2n) is 5.53. The molecule has 2 aromatic heterocycles. The lowest BCUT2D eigenvalue weighted by Gasteiger charge is -2.12. The lowest BCUT2D eigenvalue weighted by Crippen LogP contribution is -2.26. The molecular weight excluding hydrogens is 298 g/mol. The van der Waals surface area contributed by atoms with Crippen molar-refractivity contribution in [1.82, 2.24) is 20.3 Å². The summed E-state index contributed by atoms with van der Waals surface area (Å²) in [6.45, 7) is 1.68. The minimum absolute atomic E-state index is 0.174. The second-order valence-corrected chi connectivity index (χ2v) is 6.50. The molecule has 3 rings (SSSR count). The van der Waals surface area contributed by atoms with Crippen molar-refractivity contribution in [3.63, 3.8) is 0 Å². The van der Waals surface area contributed by atoms with E-state index in [1.165, 1.54) is 41.7 Å². The highest BCUT2D eigenvalue weighted by Gasteiger charge is 2.16. The lowest BCUT2D eigenvalue weighted by atomic mass is 9.95. The summed E-state index contributed by atoms with van der Waals surface area (Å²) in [4.78, 5) is 13.6. The van der Waals surface area contributed by atoms with Crippen LogP contribution < -0.4 is 11.1 Å². The van der Waals surface area contributed by atoms with Gasteiger partial charge in [0.15, 0.2) is 5.69 Å². The molecule has 22 heavy (non-hydrogen) atoms. The fourth-order valence-corrected chi connectivity index (χ4v) is 4.00. The Balaban J connectivity index is 1.52. The maximum atomic E-state index is 12.0. The standard InChI is InChI=1S/C15H21N5OS/c16-6-8-20-9-13(18-19-20)15(21)17-7-5-11-10-22-14-4-2-1-3-12(11)14/h9-10H,1-8,16H2,(H,17,21). The van der Waals surface area contributed by atoms with Gasteiger partial charge < -0.3 is 11.1 Å². The summed E-state index contributed by atoms with van der Waals surface area (Å²) in [5.74, 6) is -0.174. The van der Waals surface area contributed by atoms with Gasteiger partial charge in [-0.05, 0) is 48.6 Å². The normalized spacial score (nSPS) is 13.9. The van der Waals surface area contributed by atoms with Crippen LogP contribution >= 0.6 is 11.3 Å². The van der Waals surface area contributed by atoms with Gasteiger partial charge in [0, 0.05) is 18.0 Å². The predicted molar refractivity (Wildman–Crippen MR) is 86.1 cm³/mol. The fraction of sp³-hybridized carbons (Fsp3) is 0.533. The number of nitrogens with zero attached hydrogens (tertiary/aromatic N) is 3. The molecule has 0 spiro atoms. The third kappa shape index (κ3) is 3.36. The zero-order valence-corrected chi connectivity index (χ0v) is 13.4. The molecule has 2 aromatic rings. The molecule has 1 aliphatic rings. The van der Waals surface area contributed by atoms with Crippen molar-refractivity contribution >= 4 is 17.2 Å². The van der Waals surface area contributed by atoms with E-state index < -0.39 is 0 Å². The van der Waals surface area contributed by atoms with Crippen LogP contribution in [0.25, 0.3) is 0 Å². The van der Waals surface area contributed by atoms with E-state index in [0.717, 1.165) is 6.42 Å². The van der Waals surface area contributed by atoms with Gasteiger partial charge in [0.05, 0.1) is 12.7 Å². The molecule has 2 heterocycles. The fourth-order valence-electron chi connectivity index (χ4n) is 2.82. The Morgan fingerprint density at radius 3 is 3.14 bits per heavy atom. The van der Waals surface area contributed by atoms with Gasteiger partial charge in [-0.1, -0.05) is 5.21 Å². The van der Waals surface area contributed by atoms with Crippen molar-refractivity contribution in [3.05, 3.63) is 33.3 Å². The van der Waals surface area contributed by atoms with Crippen LogP contribution in [0.3, 0.4) is 0 Å². The second kappa shape index (κ2) is 7.02. The van der Waals surface area contributed by atoms with Gasteiger partial charge in [0.1, 0.15) is 0 Å². The van der Waals surface area contributed by atoms with Crippen LogP contribution in [-0.4, -0.2) is 34.0 Å². The summed E-state index contributed by atoms with van der Waals surface area (Å²) in [5.41, 5.74) is 8.72. The van der Waals surface area contributed by atoms with E-state index in [4.69, 9.17) is 5.73 Å². The Kier molecular flexibility index (Phi) is 4.84. The highest BCUT2D eigenvalue weighted by atomic mass is 32.1. The van der Waals surface area contributed by atoms with Gasteiger partial charge in [-0.15, -0.1) is 16.4 Å². The average molecular weight is 319 g/mol. The molecule has 0 unspecified atom stereocenters. The summed E-state index contributed by atoms with van der Waals surface area (Å²) in [6, 6.07) is 0. The van der Waals surface area contributed by atoms with Crippen molar-refractivity contribution in [3.8, 4) is 0 Å². The summed E-state index contributed by atoms with van der Waals surface area (Å²) < 4.78 is 1.59. The quantitative estimate of drug-likeness (QED) is 0.836. The van der Waals surface area contributed by atoms with Crippen molar-refractivity contribution in [2.24, 2.45) is 5.73 Å². The lowest BCUT2D eigenvalue weighted by molar-refractivity contribution is 0.0949. The Hall–Kier alpha value is -1.73. The number of hydrogen-bond donors (Lipinski definition) is 2. The Morgan fingerprint density at radius 1 is 1.41 bits per heavy atom. The summed E-state index contributed by atoms with van der Waals surface area (Å²) in [7, 11) is 0. The molecule has 3 N–H and O–H groups in total. The average Bonchev–Trinajstić information content (AvgIpc) is 3.15. The number of carbonyl (C=O) groups excluding carboxylic acids is 1. The van der Waals surface area contributed by atoms with Gasteiger partial charge in [-0.3, -0.25) is 9.48 Å². The Morgan fingerprint density at radius 2 is 2.27 bits per heavy atom. The van der Waals surface area contributed by atoms with Crippen LogP contribution in [0.2, 0.25) is 0 Å². The molecule has 0 radical (unpaired) electrons. The van der Waals surface area contributed by atoms with Crippen LogP contribution in [0.1, 0.15) is 39.3 Å². The van der Waals surface area contributed by atoms with Crippen molar-refractivity contribution in [2.45, 2.75) is 38.6 Å². The predicted octanol–water partition coefficient (Wildman–Crippen LogP) is 1.15. The molecule has 7 heteroatoms. The number of thiophene rings is 1. The Bertz CT molecular complexity index is 648. The highest BCUT2D eigenvalue weighted by molar-refractivity contribution is 7.10. The van der Waals surface area contributed by atoms with E-state index in [-0.39, 0.29) is 5.91 Å². The zero-order chi connectivity index (χ0) is 15.4. The number of rotatable bonds is 6. The molecule has 1 amide bonds. The van der Waals surface area contributed by atoms with Crippen LogP contribution in [0, 0.1) is 0 Å². The maximum Gasteiger partial charge on any atom is 0.273 e. The maximum absolute atomic E-state index is 12.0. The van der Waals surface area contributed by atoms with Crippen molar-refractivity contribution < 1.29 is 4.79 Å². The first-order valence-corrected chi connectivity index (χ1v) is 8.62. The minimum Gasteiger partial charge on any atom is -0.350 e. The zero-order valence-electron chi connectivity index (χ0n) is 12.5. The first kappa shape index (κ1) is 15.2. The summed E-state index contributed by atoms with van der Waals surface area (Å²) in [5, 5.41) is 12.9. The molecule has 0 atom stereocenters. The van der Waals surface area contributed by atoms with E-state index in [2.05, 4.69) is 21.0 Å². The van der Waals surface area contributed by atoms with Crippen LogP contribution in [0.5, 0.6) is 0 Å². The summed E-state index contributed by atoms with van der Waals surface area (Å²) >= 11 is 1.87. The molecule has 6 nitrogen and oxygen atoms in total. The molecule has 0 saturated heterocycles. The number of nitrogens with one attached hydrogen (secondary N) is 1. The number of nitrogens with two attached hydrogens (primary N) is 1. The van der Waals surface area contributed by atoms with Crippen LogP contribution in [-0.2, 0) is 25.8 Å². The van der Waals surface area contributed by atoms with Gasteiger partial charge >= 0.3 is 0 Å². The van der Waals surface area contributed by atoms with Crippen LogP contribution in [0.15, 0.2) is 11.6 Å². The summed E-state index contributed by atoms with van der Waals surface area (Å²) in [6.07, 6.45) is 7.52. The van der Waals surface area contributed by atoms with E-state index >= 15 is 0 Å². The number of aromatic nitrogens is 3. The minimum atomic E-state index is -0.174. The SMILES string of the molecule is NCCn1cc(C(=O)NCCc2csc3c2CCCC3)nn1. The van der Waals surface area contributed by atoms with Gasteiger partial charge in [-0.2, -0.15) is 0 Å². The van der Waals surface area contributed by atoms with Crippen molar-refractivity contribution in [2.75, 3.05) is 13.1 Å². The van der Waals surface area contributed by atoms with E-state index in [9.17, 15) is 4.79 Å². The molecule has 0 aliphatic heterocycles. The first-order valence-electron chi connectivity index (χ1n) is 7.74. The number of amides is 1. The third-order valence-corrected chi connectivity index (χ3v) is 5.10. The van der Waals surface area contributed by atoms with Crippen LogP contribution in [0.4, 0.5) is 0 Å². The molecule has 0 fully saturated rings. The van der Waals surface area contributed by atoms with Crippen molar-refractivity contribution in [1.29, 1.82) is 0 Å². The van der Waals surface area contributed by atoms with E-state index in [1.807, 2.05) is 11.3 Å². The number of carbonyl (C=O) groups is 1. The molecule has 1 aliphatic carbocycles. The molecule has 0 saturated carbocycles. The number of aryl methyl sites for hydroxylation is 1. The molecule has 118 valence electrons. The van der Waals surface area contributed by atoms with Gasteiger partial charge in [0.25, 0.3) is 5.91 Å². The first-order chi connectivity index (χ1) is 10.8. The molecular formula is C15H21N5OS. The monoisotopic (exact) mass is 319 g/mol.